The molecule has 4 nitrogen and oxygen atoms in total. The second-order valence-electron chi connectivity index (χ2n) is 7.41. The van der Waals surface area contributed by atoms with E-state index >= 15 is 0 Å². The average Bonchev–Trinajstić information content (AvgIpc) is 3.31. The third-order valence-corrected chi connectivity index (χ3v) is 7.12. The Morgan fingerprint density at radius 1 is 1.17 bits per heavy atom. The van der Waals surface area contributed by atoms with E-state index < -0.39 is 11.5 Å². The smallest absolute Gasteiger partial charge is 0.329 e. The first-order valence-electron chi connectivity index (χ1n) is 8.79. The predicted molar refractivity (Wildman–Crippen MR) is 94.2 cm³/mol. The minimum atomic E-state index is -1.06. The van der Waals surface area contributed by atoms with Crippen molar-refractivity contribution in [3.05, 3.63) is 35.4 Å². The number of rotatable bonds is 3. The van der Waals surface area contributed by atoms with Crippen LogP contribution in [0.4, 0.5) is 0 Å². The molecule has 0 bridgehead atoms. The van der Waals surface area contributed by atoms with E-state index in [1.807, 2.05) is 0 Å². The lowest BCUT2D eigenvalue weighted by molar-refractivity contribution is -0.148. The first kappa shape index (κ1) is 16.0. The van der Waals surface area contributed by atoms with Crippen LogP contribution in [0.15, 0.2) is 24.3 Å². The molecule has 2 unspecified atom stereocenters. The minimum absolute atomic E-state index is 0.0396. The van der Waals surface area contributed by atoms with E-state index in [2.05, 4.69) is 29.6 Å². The van der Waals surface area contributed by atoms with Gasteiger partial charge in [-0.15, -0.1) is 0 Å². The molecule has 2 fully saturated rings. The molecule has 1 aromatic rings. The summed E-state index contributed by atoms with van der Waals surface area (Å²) in [4.78, 5) is 24.7. The zero-order chi connectivity index (χ0) is 16.8. The van der Waals surface area contributed by atoms with Crippen LogP contribution in [0.2, 0.25) is 0 Å². The van der Waals surface area contributed by atoms with E-state index in [-0.39, 0.29) is 17.2 Å². The maximum absolute atomic E-state index is 12.9. The van der Waals surface area contributed by atoms with Gasteiger partial charge in [0.2, 0.25) is 5.91 Å². The van der Waals surface area contributed by atoms with Gasteiger partial charge in [0.05, 0.1) is 0 Å². The van der Waals surface area contributed by atoms with Gasteiger partial charge in [0, 0.05) is 11.3 Å². The van der Waals surface area contributed by atoms with Crippen molar-refractivity contribution in [2.24, 2.45) is 5.92 Å². The number of nitrogens with one attached hydrogen (secondary N) is 1. The molecule has 24 heavy (non-hydrogen) atoms. The second-order valence-corrected chi connectivity index (χ2v) is 8.64. The molecule has 1 amide bonds. The summed E-state index contributed by atoms with van der Waals surface area (Å²) in [7, 11) is 0. The van der Waals surface area contributed by atoms with Gasteiger partial charge in [-0.1, -0.05) is 24.3 Å². The third kappa shape index (κ3) is 2.44. The Bertz CT molecular complexity index is 683. The summed E-state index contributed by atoms with van der Waals surface area (Å²) in [5.74, 6) is 0.594. The van der Waals surface area contributed by atoms with Gasteiger partial charge in [0.25, 0.3) is 0 Å². The molecule has 1 saturated carbocycles. The quantitative estimate of drug-likeness (QED) is 0.884. The molecule has 3 aliphatic rings. The van der Waals surface area contributed by atoms with Gasteiger partial charge in [0.15, 0.2) is 0 Å². The van der Waals surface area contributed by atoms with Crippen LogP contribution in [0.25, 0.3) is 0 Å². The van der Waals surface area contributed by atoms with Crippen molar-refractivity contribution in [1.82, 2.24) is 5.32 Å². The Morgan fingerprint density at radius 3 is 2.67 bits per heavy atom. The number of carboxylic acids is 1. The number of amides is 1. The van der Waals surface area contributed by atoms with Gasteiger partial charge in [-0.05, 0) is 61.2 Å². The molecule has 2 N–H and O–H groups in total. The molecule has 2 aliphatic carbocycles. The van der Waals surface area contributed by atoms with Gasteiger partial charge in [0.1, 0.15) is 5.54 Å². The zero-order valence-electron chi connectivity index (χ0n) is 13.7. The number of carboxylic acid groups (broad SMARTS) is 1. The SMILES string of the molecule is O=C(NC1(C(=O)O)CCSCC1)C1CC12CCCc1ccccc12. The molecule has 1 spiro atoms. The Hall–Kier alpha value is -1.49. The molecule has 4 rings (SSSR count). The van der Waals surface area contributed by atoms with Crippen molar-refractivity contribution in [2.45, 2.75) is 49.5 Å². The topological polar surface area (TPSA) is 66.4 Å². The number of benzene rings is 1. The highest BCUT2D eigenvalue weighted by Gasteiger charge is 2.61. The van der Waals surface area contributed by atoms with Crippen molar-refractivity contribution in [2.75, 3.05) is 11.5 Å². The highest BCUT2D eigenvalue weighted by atomic mass is 32.2. The number of aliphatic carboxylic acids is 1. The number of hydrogen-bond acceptors (Lipinski definition) is 3. The monoisotopic (exact) mass is 345 g/mol. The van der Waals surface area contributed by atoms with Gasteiger partial charge < -0.3 is 10.4 Å². The number of fused-ring (bicyclic) bond motifs is 2. The van der Waals surface area contributed by atoms with Gasteiger partial charge >= 0.3 is 5.97 Å². The first-order valence-corrected chi connectivity index (χ1v) is 9.94. The number of aryl methyl sites for hydroxylation is 1. The van der Waals surface area contributed by atoms with Crippen LogP contribution < -0.4 is 5.32 Å². The van der Waals surface area contributed by atoms with Crippen LogP contribution in [0.3, 0.4) is 0 Å². The normalized spacial score (nSPS) is 30.4. The summed E-state index contributed by atoms with van der Waals surface area (Å²) in [5.41, 5.74) is 1.59. The largest absolute Gasteiger partial charge is 0.480 e. The molecular weight excluding hydrogens is 322 g/mol. The van der Waals surface area contributed by atoms with Crippen LogP contribution in [-0.2, 0) is 21.4 Å². The summed E-state index contributed by atoms with van der Waals surface area (Å²) in [6, 6.07) is 8.44. The first-order chi connectivity index (χ1) is 11.6. The van der Waals surface area contributed by atoms with Crippen LogP contribution >= 0.6 is 11.8 Å². The van der Waals surface area contributed by atoms with Crippen LogP contribution in [0.5, 0.6) is 0 Å². The van der Waals surface area contributed by atoms with E-state index in [1.54, 1.807) is 11.8 Å². The summed E-state index contributed by atoms with van der Waals surface area (Å²) in [6.07, 6.45) is 5.15. The van der Waals surface area contributed by atoms with Crippen LogP contribution in [0.1, 0.15) is 43.2 Å². The predicted octanol–water partition coefficient (Wildman–Crippen LogP) is 2.75. The Labute approximate surface area is 146 Å². The van der Waals surface area contributed by atoms with E-state index in [4.69, 9.17) is 0 Å². The van der Waals surface area contributed by atoms with E-state index in [0.717, 1.165) is 37.2 Å². The lowest BCUT2D eigenvalue weighted by Gasteiger charge is -2.34. The molecule has 1 heterocycles. The molecule has 1 aromatic carbocycles. The van der Waals surface area contributed by atoms with Crippen molar-refractivity contribution >= 4 is 23.6 Å². The third-order valence-electron chi connectivity index (χ3n) is 6.13. The minimum Gasteiger partial charge on any atom is -0.480 e. The van der Waals surface area contributed by atoms with Crippen molar-refractivity contribution in [3.8, 4) is 0 Å². The molecule has 0 aromatic heterocycles. The Balaban J connectivity index is 1.54. The van der Waals surface area contributed by atoms with E-state index in [1.165, 1.54) is 11.1 Å². The Morgan fingerprint density at radius 2 is 1.92 bits per heavy atom. The maximum atomic E-state index is 12.9. The van der Waals surface area contributed by atoms with E-state index in [9.17, 15) is 14.7 Å². The molecule has 1 aliphatic heterocycles. The average molecular weight is 345 g/mol. The van der Waals surface area contributed by atoms with Gasteiger partial charge in [-0.3, -0.25) is 4.79 Å². The lowest BCUT2D eigenvalue weighted by Crippen LogP contribution is -2.57. The summed E-state index contributed by atoms with van der Waals surface area (Å²) in [6.45, 7) is 0. The fourth-order valence-corrected chi connectivity index (χ4v) is 5.80. The highest BCUT2D eigenvalue weighted by Crippen LogP contribution is 2.60. The number of carbonyl (C=O) groups excluding carboxylic acids is 1. The van der Waals surface area contributed by atoms with Crippen LogP contribution in [-0.4, -0.2) is 34.0 Å². The number of hydrogen-bond donors (Lipinski definition) is 2. The van der Waals surface area contributed by atoms with E-state index in [0.29, 0.717) is 12.8 Å². The molecule has 5 heteroatoms. The number of carbonyl (C=O) groups is 2. The molecule has 1 saturated heterocycles. The fourth-order valence-electron chi connectivity index (χ4n) is 4.61. The summed E-state index contributed by atoms with van der Waals surface area (Å²) >= 11 is 1.76. The fraction of sp³-hybridized carbons (Fsp3) is 0.579. The van der Waals surface area contributed by atoms with Crippen LogP contribution in [0, 0.1) is 5.92 Å². The maximum Gasteiger partial charge on any atom is 0.329 e. The molecule has 2 atom stereocenters. The van der Waals surface area contributed by atoms with Crippen molar-refractivity contribution in [1.29, 1.82) is 0 Å². The van der Waals surface area contributed by atoms with Gasteiger partial charge in [-0.2, -0.15) is 11.8 Å². The zero-order valence-corrected chi connectivity index (χ0v) is 14.5. The standard InChI is InChI=1S/C19H23NO3S/c21-16(20-19(17(22)23)8-10-24-11-9-19)15-12-18(15)7-3-5-13-4-1-2-6-14(13)18/h1-2,4,6,15H,3,5,7-12H2,(H,20,21)(H,22,23). The molecule has 128 valence electrons. The molecule has 0 radical (unpaired) electrons. The highest BCUT2D eigenvalue weighted by molar-refractivity contribution is 7.99. The number of thioether (sulfide) groups is 1. The van der Waals surface area contributed by atoms with Gasteiger partial charge in [-0.25, -0.2) is 4.79 Å². The molecular formula is C19H23NO3S. The summed E-state index contributed by atoms with van der Waals surface area (Å²) < 4.78 is 0. The second kappa shape index (κ2) is 5.80. The van der Waals surface area contributed by atoms with Crippen molar-refractivity contribution < 1.29 is 14.7 Å². The Kier molecular flexibility index (Phi) is 3.87. The lowest BCUT2D eigenvalue weighted by atomic mass is 9.78. The summed E-state index contributed by atoms with van der Waals surface area (Å²) in [5, 5.41) is 12.6. The van der Waals surface area contributed by atoms with Crippen molar-refractivity contribution in [3.63, 3.8) is 0 Å².